The van der Waals surface area contributed by atoms with E-state index in [1.54, 1.807) is 30.3 Å². The summed E-state index contributed by atoms with van der Waals surface area (Å²) in [4.78, 5) is 30.0. The number of carbonyl (C=O) groups is 1. The van der Waals surface area contributed by atoms with Crippen molar-refractivity contribution in [3.05, 3.63) is 58.6 Å². The van der Waals surface area contributed by atoms with Gasteiger partial charge >= 0.3 is 16.1 Å². The van der Waals surface area contributed by atoms with Crippen molar-refractivity contribution in [2.24, 2.45) is 0 Å². The molecule has 1 aliphatic heterocycles. The summed E-state index contributed by atoms with van der Waals surface area (Å²) in [6, 6.07) is 9.92. The molecule has 0 unspecified atom stereocenters. The van der Waals surface area contributed by atoms with Crippen LogP contribution in [0.15, 0.2) is 47.4 Å². The van der Waals surface area contributed by atoms with Crippen LogP contribution in [0.2, 0.25) is 36.3 Å². The number of rotatable bonds is 10. The van der Waals surface area contributed by atoms with Crippen molar-refractivity contribution in [2.75, 3.05) is 11.9 Å². The summed E-state index contributed by atoms with van der Waals surface area (Å²) in [6.07, 6.45) is -3.25. The Morgan fingerprint density at radius 3 is 2.09 bits per heavy atom. The van der Waals surface area contributed by atoms with E-state index in [4.69, 9.17) is 17.8 Å². The van der Waals surface area contributed by atoms with Crippen molar-refractivity contribution < 1.29 is 35.5 Å². The Morgan fingerprint density at radius 1 is 1.00 bits per heavy atom. The van der Waals surface area contributed by atoms with Crippen molar-refractivity contribution in [1.82, 2.24) is 9.55 Å². The van der Waals surface area contributed by atoms with Gasteiger partial charge in [0.25, 0.3) is 5.91 Å². The number of nitrogens with one attached hydrogen (secondary N) is 1. The molecule has 12 nitrogen and oxygen atoms in total. The summed E-state index contributed by atoms with van der Waals surface area (Å²) in [7, 11) is -9.90. The molecule has 0 radical (unpaired) electrons. The van der Waals surface area contributed by atoms with E-state index in [2.05, 4.69) is 31.1 Å². The molecule has 4 atom stereocenters. The van der Waals surface area contributed by atoms with Crippen LogP contribution in [0.25, 0.3) is 0 Å². The van der Waals surface area contributed by atoms with E-state index in [0.29, 0.717) is 5.56 Å². The first-order valence-electron chi connectivity index (χ1n) is 14.1. The van der Waals surface area contributed by atoms with Gasteiger partial charge in [0, 0.05) is 11.8 Å². The smallest absolute Gasteiger partial charge is 0.397 e. The number of hydrogen-bond acceptors (Lipinski definition) is 9. The molecule has 1 aromatic carbocycles. The molecular formula is C28H45N3O9SSi2. The summed E-state index contributed by atoms with van der Waals surface area (Å²) in [5, 5.41) is 2.15. The number of ether oxygens (including phenoxy) is 1. The van der Waals surface area contributed by atoms with Crippen molar-refractivity contribution in [1.29, 1.82) is 0 Å². The number of amides is 1. The Hall–Kier alpha value is -2.25. The van der Waals surface area contributed by atoms with Crippen LogP contribution in [-0.4, -0.2) is 70.0 Å². The summed E-state index contributed by atoms with van der Waals surface area (Å²) >= 11 is 0. The number of benzene rings is 1. The summed E-state index contributed by atoms with van der Waals surface area (Å²) in [5.41, 5.74) is -0.374. The summed E-state index contributed by atoms with van der Waals surface area (Å²) in [6.45, 7) is 20.2. The van der Waals surface area contributed by atoms with Crippen LogP contribution < -0.4 is 11.0 Å². The third-order valence-corrected chi connectivity index (χ3v) is 18.0. The second-order valence-electron chi connectivity index (χ2n) is 13.8. The van der Waals surface area contributed by atoms with Crippen molar-refractivity contribution >= 4 is 38.8 Å². The molecule has 3 rings (SSSR count). The second-order valence-corrected chi connectivity index (χ2v) is 24.4. The summed E-state index contributed by atoms with van der Waals surface area (Å²) in [5.74, 6) is -0.413. The zero-order valence-corrected chi connectivity index (χ0v) is 29.4. The number of nitrogens with zero attached hydrogens (tertiary/aromatic N) is 2. The lowest BCUT2D eigenvalue weighted by Crippen LogP contribution is -2.51. The maximum absolute atomic E-state index is 13.3. The Bertz CT molecular complexity index is 1450. The quantitative estimate of drug-likeness (QED) is 0.264. The highest BCUT2D eigenvalue weighted by Gasteiger charge is 2.54. The maximum Gasteiger partial charge on any atom is 0.397 e. The van der Waals surface area contributed by atoms with Gasteiger partial charge in [-0.1, -0.05) is 59.7 Å². The minimum atomic E-state index is -4.95. The lowest BCUT2D eigenvalue weighted by atomic mass is 10.1. The van der Waals surface area contributed by atoms with Gasteiger partial charge in [-0.05, 0) is 54.5 Å². The maximum atomic E-state index is 13.3. The van der Waals surface area contributed by atoms with E-state index >= 15 is 0 Å². The van der Waals surface area contributed by atoms with Gasteiger partial charge in [0.2, 0.25) is 0 Å². The predicted molar refractivity (Wildman–Crippen MR) is 168 cm³/mol. The molecule has 0 bridgehead atoms. The molecule has 1 aromatic heterocycles. The molecule has 2 aromatic rings. The van der Waals surface area contributed by atoms with E-state index < -0.39 is 63.2 Å². The molecule has 43 heavy (non-hydrogen) atoms. The molecule has 15 heteroatoms. The SMILES string of the molecule is CC(C)(C)[Si](C)(C)OC[C@H]1O[C@@H](n2ccc(NC(=O)c3ccccc3)nc2=O)[C@H](O[Si](C)(C)C(C)(C)C)[C@@H]1OS(=O)(=O)O. The highest BCUT2D eigenvalue weighted by Crippen LogP contribution is 2.43. The molecule has 1 fully saturated rings. The van der Waals surface area contributed by atoms with Gasteiger partial charge in [-0.25, -0.2) is 8.98 Å². The standard InChI is InChI=1S/C28H45N3O9SSi2/c1-27(2,3)42(7,8)37-18-20-22(39-41(34,35)36)23(40-43(9,10)28(4,5)6)25(38-20)31-17-16-21(30-26(31)33)29-24(32)19-14-12-11-13-15-19/h11-17,20,22-23,25H,18H2,1-10H3,(H,34,35,36)(H,29,30,32,33)/t20-,22-,23-,25-/m1/s1. The second kappa shape index (κ2) is 12.6. The molecule has 0 aliphatic carbocycles. The predicted octanol–water partition coefficient (Wildman–Crippen LogP) is 4.99. The number of aromatic nitrogens is 2. The van der Waals surface area contributed by atoms with Crippen LogP contribution in [0.3, 0.4) is 0 Å². The minimum absolute atomic E-state index is 0.0264. The Kier molecular flexibility index (Phi) is 10.3. The van der Waals surface area contributed by atoms with Gasteiger partial charge < -0.3 is 18.9 Å². The van der Waals surface area contributed by atoms with Crippen molar-refractivity contribution in [2.45, 2.75) is 102 Å². The van der Waals surface area contributed by atoms with E-state index in [1.807, 2.05) is 47.0 Å². The van der Waals surface area contributed by atoms with E-state index in [-0.39, 0.29) is 22.5 Å². The first-order chi connectivity index (χ1) is 19.5. The fourth-order valence-electron chi connectivity index (χ4n) is 3.93. The molecule has 2 heterocycles. The van der Waals surface area contributed by atoms with E-state index in [1.165, 1.54) is 16.8 Å². The Labute approximate surface area is 256 Å². The van der Waals surface area contributed by atoms with Crippen molar-refractivity contribution in [3.8, 4) is 0 Å². The lowest BCUT2D eigenvalue weighted by molar-refractivity contribution is -0.0506. The number of anilines is 1. The van der Waals surface area contributed by atoms with Gasteiger partial charge in [0.05, 0.1) is 6.61 Å². The Balaban J connectivity index is 2.03. The van der Waals surface area contributed by atoms with Crippen LogP contribution in [0.5, 0.6) is 0 Å². The molecule has 2 N–H and O–H groups in total. The molecular weight excluding hydrogens is 611 g/mol. The fraction of sp³-hybridized carbons (Fsp3) is 0.607. The third-order valence-electron chi connectivity index (χ3n) is 8.55. The van der Waals surface area contributed by atoms with Gasteiger partial charge in [0.1, 0.15) is 24.1 Å². The first kappa shape index (κ1) is 35.2. The highest BCUT2D eigenvalue weighted by atomic mass is 32.3. The minimum Gasteiger partial charge on any atom is -0.414 e. The van der Waals surface area contributed by atoms with Crippen LogP contribution in [0.1, 0.15) is 58.1 Å². The molecule has 1 aliphatic rings. The molecule has 1 saturated heterocycles. The van der Waals surface area contributed by atoms with Crippen molar-refractivity contribution in [3.63, 3.8) is 0 Å². The van der Waals surface area contributed by atoms with Gasteiger partial charge in [0.15, 0.2) is 22.9 Å². The average Bonchev–Trinajstić information content (AvgIpc) is 3.16. The van der Waals surface area contributed by atoms with E-state index in [0.717, 1.165) is 0 Å². The van der Waals surface area contributed by atoms with Crippen LogP contribution in [0, 0.1) is 0 Å². The van der Waals surface area contributed by atoms with Gasteiger partial charge in [-0.3, -0.25) is 13.9 Å². The zero-order chi connectivity index (χ0) is 32.6. The number of carbonyl (C=O) groups excluding carboxylic acids is 1. The number of hydrogen-bond donors (Lipinski definition) is 2. The monoisotopic (exact) mass is 655 g/mol. The van der Waals surface area contributed by atoms with Crippen LogP contribution >= 0.6 is 0 Å². The van der Waals surface area contributed by atoms with Gasteiger partial charge in [-0.15, -0.1) is 0 Å². The molecule has 240 valence electrons. The third kappa shape index (κ3) is 8.69. The Morgan fingerprint density at radius 2 is 1.58 bits per heavy atom. The zero-order valence-electron chi connectivity index (χ0n) is 26.6. The van der Waals surface area contributed by atoms with Crippen LogP contribution in [-0.2, 0) is 28.2 Å². The molecule has 0 saturated carbocycles. The normalized spacial score (nSPS) is 22.0. The fourth-order valence-corrected chi connectivity index (χ4v) is 6.74. The van der Waals surface area contributed by atoms with E-state index in [9.17, 15) is 22.6 Å². The summed E-state index contributed by atoms with van der Waals surface area (Å²) < 4.78 is 59.5. The van der Waals surface area contributed by atoms with Crippen LogP contribution in [0.4, 0.5) is 5.82 Å². The topological polar surface area (TPSA) is 155 Å². The highest BCUT2D eigenvalue weighted by molar-refractivity contribution is 7.80. The largest absolute Gasteiger partial charge is 0.414 e. The molecule has 0 spiro atoms. The average molecular weight is 656 g/mol. The van der Waals surface area contributed by atoms with Gasteiger partial charge in [-0.2, -0.15) is 13.4 Å². The first-order valence-corrected chi connectivity index (χ1v) is 21.3. The lowest BCUT2D eigenvalue weighted by Gasteiger charge is -2.40. The molecule has 1 amide bonds.